The van der Waals surface area contributed by atoms with Crippen LogP contribution in [0.3, 0.4) is 0 Å². The van der Waals surface area contributed by atoms with Crippen molar-refractivity contribution >= 4 is 29.3 Å². The third-order valence-electron chi connectivity index (χ3n) is 3.56. The number of carbonyl (C=O) groups excluding carboxylic acids is 1. The van der Waals surface area contributed by atoms with Gasteiger partial charge in [-0.15, -0.1) is 11.8 Å². The van der Waals surface area contributed by atoms with Crippen molar-refractivity contribution in [2.45, 2.75) is 49.1 Å². The Morgan fingerprint density at radius 2 is 2.20 bits per heavy atom. The van der Waals surface area contributed by atoms with Gasteiger partial charge < -0.3 is 11.1 Å². The summed E-state index contributed by atoms with van der Waals surface area (Å²) >= 11 is 7.84. The molecule has 1 unspecified atom stereocenters. The van der Waals surface area contributed by atoms with Gasteiger partial charge in [-0.25, -0.2) is 0 Å². The van der Waals surface area contributed by atoms with Crippen LogP contribution in [0.5, 0.6) is 0 Å². The number of rotatable bonds is 8. The highest BCUT2D eigenvalue weighted by Gasteiger charge is 2.36. The fraction of sp³-hybridized carbons (Fsp3) is 0.533. The summed E-state index contributed by atoms with van der Waals surface area (Å²) in [6.07, 6.45) is 3.99. The number of halogens is 1. The molecule has 1 amide bonds. The molecule has 3 nitrogen and oxygen atoms in total. The fourth-order valence-electron chi connectivity index (χ4n) is 2.11. The molecule has 1 aliphatic rings. The summed E-state index contributed by atoms with van der Waals surface area (Å²) in [5.74, 6) is 0.672. The lowest BCUT2D eigenvalue weighted by Crippen LogP contribution is -2.54. The normalized spacial score (nSPS) is 17.7. The summed E-state index contributed by atoms with van der Waals surface area (Å²) in [5, 5.41) is 4.15. The van der Waals surface area contributed by atoms with Crippen molar-refractivity contribution < 1.29 is 4.79 Å². The highest BCUT2D eigenvalue weighted by atomic mass is 35.5. The molecular weight excluding hydrogens is 292 g/mol. The van der Waals surface area contributed by atoms with Gasteiger partial charge in [-0.1, -0.05) is 23.7 Å². The van der Waals surface area contributed by atoms with Gasteiger partial charge in [0.1, 0.15) is 0 Å². The van der Waals surface area contributed by atoms with Gasteiger partial charge in [-0.2, -0.15) is 0 Å². The maximum atomic E-state index is 11.6. The zero-order valence-corrected chi connectivity index (χ0v) is 13.3. The standard InChI is InChI=1S/C15H21ClN2OS/c1-15(14(17)19,18-11-7-8-11)9-4-10-20-13-6-3-2-5-12(13)16/h2-3,5-6,11,18H,4,7-10H2,1H3,(H2,17,19). The molecule has 0 bridgehead atoms. The Labute approximate surface area is 129 Å². The molecule has 1 fully saturated rings. The Hall–Kier alpha value is -0.710. The molecule has 1 saturated carbocycles. The van der Waals surface area contributed by atoms with Crippen molar-refractivity contribution in [1.29, 1.82) is 0 Å². The van der Waals surface area contributed by atoms with Crippen LogP contribution in [0, 0.1) is 0 Å². The van der Waals surface area contributed by atoms with Crippen LogP contribution >= 0.6 is 23.4 Å². The van der Waals surface area contributed by atoms with E-state index < -0.39 is 5.54 Å². The Kier molecular flexibility index (Phi) is 5.35. The Morgan fingerprint density at radius 1 is 1.50 bits per heavy atom. The molecule has 0 radical (unpaired) electrons. The van der Waals surface area contributed by atoms with E-state index in [2.05, 4.69) is 5.32 Å². The quantitative estimate of drug-likeness (QED) is 0.572. The molecule has 0 aliphatic heterocycles. The molecule has 2 rings (SSSR count). The number of nitrogens with one attached hydrogen (secondary N) is 1. The van der Waals surface area contributed by atoms with E-state index in [0.717, 1.165) is 41.4 Å². The van der Waals surface area contributed by atoms with Gasteiger partial charge in [0.15, 0.2) is 0 Å². The first-order valence-electron chi connectivity index (χ1n) is 6.96. The number of benzene rings is 1. The fourth-order valence-corrected chi connectivity index (χ4v) is 3.30. The van der Waals surface area contributed by atoms with Crippen molar-refractivity contribution in [3.05, 3.63) is 29.3 Å². The summed E-state index contributed by atoms with van der Waals surface area (Å²) < 4.78 is 0. The van der Waals surface area contributed by atoms with Crippen LogP contribution in [0.1, 0.15) is 32.6 Å². The number of amides is 1. The lowest BCUT2D eigenvalue weighted by atomic mass is 9.95. The average molecular weight is 313 g/mol. The molecule has 20 heavy (non-hydrogen) atoms. The molecular formula is C15H21ClN2OS. The second-order valence-electron chi connectivity index (χ2n) is 5.50. The molecule has 1 aliphatic carbocycles. The van der Waals surface area contributed by atoms with Gasteiger partial charge in [-0.3, -0.25) is 4.79 Å². The summed E-state index contributed by atoms with van der Waals surface area (Å²) in [6.45, 7) is 1.91. The Balaban J connectivity index is 1.78. The van der Waals surface area contributed by atoms with E-state index in [1.807, 2.05) is 31.2 Å². The van der Waals surface area contributed by atoms with E-state index in [9.17, 15) is 4.79 Å². The Bertz CT molecular complexity index is 479. The third-order valence-corrected chi connectivity index (χ3v) is 5.16. The smallest absolute Gasteiger partial charge is 0.237 e. The van der Waals surface area contributed by atoms with Crippen molar-refractivity contribution in [3.8, 4) is 0 Å². The van der Waals surface area contributed by atoms with Crippen LogP contribution in [0.2, 0.25) is 5.02 Å². The first-order valence-corrected chi connectivity index (χ1v) is 8.32. The van der Waals surface area contributed by atoms with Crippen molar-refractivity contribution in [1.82, 2.24) is 5.32 Å². The van der Waals surface area contributed by atoms with Crippen molar-refractivity contribution in [3.63, 3.8) is 0 Å². The molecule has 3 N–H and O–H groups in total. The van der Waals surface area contributed by atoms with E-state index in [1.165, 1.54) is 0 Å². The second-order valence-corrected chi connectivity index (χ2v) is 7.04. The lowest BCUT2D eigenvalue weighted by molar-refractivity contribution is -0.124. The molecule has 0 spiro atoms. The monoisotopic (exact) mass is 312 g/mol. The molecule has 1 atom stereocenters. The van der Waals surface area contributed by atoms with Crippen LogP contribution in [0.4, 0.5) is 0 Å². The molecule has 0 heterocycles. The maximum Gasteiger partial charge on any atom is 0.237 e. The second kappa shape index (κ2) is 6.83. The molecule has 1 aromatic carbocycles. The molecule has 0 saturated heterocycles. The number of carbonyl (C=O) groups is 1. The average Bonchev–Trinajstić information content (AvgIpc) is 3.20. The van der Waals surface area contributed by atoms with Crippen LogP contribution in [-0.2, 0) is 4.79 Å². The largest absolute Gasteiger partial charge is 0.368 e. The minimum absolute atomic E-state index is 0.257. The minimum Gasteiger partial charge on any atom is -0.368 e. The van der Waals surface area contributed by atoms with Gasteiger partial charge in [0.25, 0.3) is 0 Å². The predicted octanol–water partition coefficient (Wildman–Crippen LogP) is 3.21. The van der Waals surface area contributed by atoms with Gasteiger partial charge in [0.05, 0.1) is 10.6 Å². The zero-order chi connectivity index (χ0) is 14.6. The van der Waals surface area contributed by atoms with E-state index in [1.54, 1.807) is 11.8 Å². The summed E-state index contributed by atoms with van der Waals surface area (Å²) in [7, 11) is 0. The summed E-state index contributed by atoms with van der Waals surface area (Å²) in [5.41, 5.74) is 4.95. The van der Waals surface area contributed by atoms with E-state index >= 15 is 0 Å². The van der Waals surface area contributed by atoms with Crippen molar-refractivity contribution in [2.24, 2.45) is 5.73 Å². The van der Waals surface area contributed by atoms with Gasteiger partial charge in [-0.05, 0) is 50.5 Å². The van der Waals surface area contributed by atoms with Crippen LogP contribution in [0.25, 0.3) is 0 Å². The van der Waals surface area contributed by atoms with E-state index in [-0.39, 0.29) is 5.91 Å². The Morgan fingerprint density at radius 3 is 2.80 bits per heavy atom. The highest BCUT2D eigenvalue weighted by Crippen LogP contribution is 2.29. The van der Waals surface area contributed by atoms with E-state index in [0.29, 0.717) is 6.04 Å². The molecule has 1 aromatic rings. The highest BCUT2D eigenvalue weighted by molar-refractivity contribution is 7.99. The topological polar surface area (TPSA) is 55.1 Å². The van der Waals surface area contributed by atoms with Gasteiger partial charge in [0, 0.05) is 10.9 Å². The molecule has 110 valence electrons. The van der Waals surface area contributed by atoms with Gasteiger partial charge >= 0.3 is 0 Å². The number of thioether (sulfide) groups is 1. The third kappa shape index (κ3) is 4.40. The number of hydrogen-bond donors (Lipinski definition) is 2. The van der Waals surface area contributed by atoms with Gasteiger partial charge in [0.2, 0.25) is 5.91 Å². The summed E-state index contributed by atoms with van der Waals surface area (Å²) in [4.78, 5) is 12.7. The summed E-state index contributed by atoms with van der Waals surface area (Å²) in [6, 6.07) is 8.30. The minimum atomic E-state index is -0.581. The maximum absolute atomic E-state index is 11.6. The van der Waals surface area contributed by atoms with E-state index in [4.69, 9.17) is 17.3 Å². The molecule has 0 aromatic heterocycles. The number of nitrogens with two attached hydrogens (primary N) is 1. The zero-order valence-electron chi connectivity index (χ0n) is 11.7. The van der Waals surface area contributed by atoms with Crippen LogP contribution in [0.15, 0.2) is 29.2 Å². The lowest BCUT2D eigenvalue weighted by Gasteiger charge is -2.27. The molecule has 5 heteroatoms. The SMILES string of the molecule is CC(CCCSc1ccccc1Cl)(NC1CC1)C(N)=O. The van der Waals surface area contributed by atoms with Crippen LogP contribution in [-0.4, -0.2) is 23.2 Å². The number of hydrogen-bond acceptors (Lipinski definition) is 3. The first kappa shape index (κ1) is 15.7. The van der Waals surface area contributed by atoms with Crippen LogP contribution < -0.4 is 11.1 Å². The predicted molar refractivity (Wildman–Crippen MR) is 85.2 cm³/mol. The van der Waals surface area contributed by atoms with Crippen molar-refractivity contribution in [2.75, 3.05) is 5.75 Å². The first-order chi connectivity index (χ1) is 9.51. The number of primary amides is 1.